The second kappa shape index (κ2) is 13.3. The molecule has 0 saturated heterocycles. The van der Waals surface area contributed by atoms with Gasteiger partial charge in [0.05, 0.1) is 8.80 Å². The van der Waals surface area contributed by atoms with Gasteiger partial charge in [-0.3, -0.25) is 0 Å². The van der Waals surface area contributed by atoms with Crippen molar-refractivity contribution in [3.8, 4) is 0 Å². The van der Waals surface area contributed by atoms with Crippen molar-refractivity contribution in [3.63, 3.8) is 0 Å². The number of allylic oxidation sites excluding steroid dienone is 1. The van der Waals surface area contributed by atoms with Crippen LogP contribution >= 0.6 is 0 Å². The maximum Gasteiger partial charge on any atom is -1.00 e. The molecular formula is C27H37Cl2OSi3Zr-. The Kier molecular flexibility index (Phi) is 12.4. The number of benzene rings is 2. The summed E-state index contributed by atoms with van der Waals surface area (Å²) in [4.78, 5) is 0. The molecule has 182 valence electrons. The molecule has 0 aromatic heterocycles. The van der Waals surface area contributed by atoms with Crippen molar-refractivity contribution in [2.45, 2.75) is 65.1 Å². The zero-order chi connectivity index (χ0) is 23.6. The van der Waals surface area contributed by atoms with Gasteiger partial charge in [-0.1, -0.05) is 44.3 Å². The van der Waals surface area contributed by atoms with E-state index in [4.69, 9.17) is 4.43 Å². The number of fused-ring (bicyclic) bond motifs is 2. The van der Waals surface area contributed by atoms with Gasteiger partial charge < -0.3 is 29.2 Å². The molecule has 0 amide bonds. The Labute approximate surface area is 237 Å². The van der Waals surface area contributed by atoms with Gasteiger partial charge in [0.25, 0.3) is 0 Å². The smallest absolute Gasteiger partial charge is 1.00 e. The fourth-order valence-electron chi connectivity index (χ4n) is 4.65. The van der Waals surface area contributed by atoms with Gasteiger partial charge in [-0.15, -0.1) is 40.6 Å². The van der Waals surface area contributed by atoms with Gasteiger partial charge in [-0.25, -0.2) is 0 Å². The second-order valence-corrected chi connectivity index (χ2v) is 26.9. The Bertz CT molecular complexity index is 1160. The number of hydrogen-bond acceptors (Lipinski definition) is 1. The fraction of sp³-hybridized carbons (Fsp3) is 0.370. The Hall–Kier alpha value is -0.296. The largest absolute Gasteiger partial charge is 1.00 e. The van der Waals surface area contributed by atoms with E-state index in [1.165, 1.54) is 38.8 Å². The van der Waals surface area contributed by atoms with Crippen LogP contribution in [0.5, 0.6) is 0 Å². The minimum Gasteiger partial charge on any atom is -1.00 e. The molecule has 1 aliphatic carbocycles. The zero-order valence-electron chi connectivity index (χ0n) is 21.7. The number of hydrogen-bond donors (Lipinski definition) is 0. The van der Waals surface area contributed by atoms with Gasteiger partial charge in [-0.05, 0) is 48.3 Å². The standard InChI is InChI=1S/C25H31OSi2.C2H6Si.2ClH.Zr/c1-7-17-12-10-14-21-22(17)24(26-28(4,5)6)25(27(2)3)23(21)20-16-15-18-11-8-9-13-19(18)20;1-3-2;;;/h8-16,23,27H,7H2,1-6H3;1-2H3;2*1H;/q-1;;;;+2/p-2. The summed E-state index contributed by atoms with van der Waals surface area (Å²) in [6, 6.07) is 20.3. The van der Waals surface area contributed by atoms with Gasteiger partial charge in [-0.2, -0.15) is 6.07 Å². The van der Waals surface area contributed by atoms with E-state index < -0.39 is 17.1 Å². The normalized spacial score (nSPS) is 14.7. The molecule has 1 aliphatic rings. The minimum absolute atomic E-state index is 0. The first-order valence-corrected chi connectivity index (χ1v) is 24.2. The van der Waals surface area contributed by atoms with E-state index in [0.29, 0.717) is 5.92 Å². The Morgan fingerprint density at radius 1 is 1.00 bits per heavy atom. The second-order valence-electron chi connectivity index (χ2n) is 10.2. The summed E-state index contributed by atoms with van der Waals surface area (Å²) in [5.74, 6) is 1.59. The van der Waals surface area contributed by atoms with Crippen molar-refractivity contribution in [2.75, 3.05) is 0 Å². The monoisotopic (exact) mass is 621 g/mol. The van der Waals surface area contributed by atoms with E-state index in [1.54, 1.807) is 28.5 Å². The number of rotatable bonds is 5. The average Bonchev–Trinajstić information content (AvgIpc) is 3.25. The molecule has 3 aromatic rings. The topological polar surface area (TPSA) is 9.23 Å². The summed E-state index contributed by atoms with van der Waals surface area (Å²) in [7, 11) is -2.81. The molecule has 34 heavy (non-hydrogen) atoms. The van der Waals surface area contributed by atoms with E-state index in [1.807, 2.05) is 0 Å². The van der Waals surface area contributed by atoms with Crippen LogP contribution in [0.15, 0.2) is 59.8 Å². The maximum absolute atomic E-state index is 6.84. The molecule has 1 nitrogen and oxygen atoms in total. The van der Waals surface area contributed by atoms with Crippen LogP contribution in [0.3, 0.4) is 0 Å². The van der Waals surface area contributed by atoms with Gasteiger partial charge in [0.1, 0.15) is 5.76 Å². The van der Waals surface area contributed by atoms with E-state index in [-0.39, 0.29) is 30.2 Å². The summed E-state index contributed by atoms with van der Waals surface area (Å²) in [6.45, 7) is 18.7. The molecule has 0 spiro atoms. The quantitative estimate of drug-likeness (QED) is 0.311. The van der Waals surface area contributed by atoms with Crippen molar-refractivity contribution >= 4 is 39.1 Å². The van der Waals surface area contributed by atoms with E-state index in [0.717, 1.165) is 6.42 Å². The molecular weight excluding hydrogens is 587 g/mol. The van der Waals surface area contributed by atoms with Crippen LogP contribution in [-0.2, 0) is 34.2 Å². The van der Waals surface area contributed by atoms with Crippen molar-refractivity contribution in [3.05, 3.63) is 82.0 Å². The SMILES string of the molecule is CCc1cccc2c1C(O[Si](C)(C)C)=C([SiH](C)C)C2[c-]1ccc2ccccc21.C[Si](C)=[Zr+2].[Cl-].[Cl-]. The van der Waals surface area contributed by atoms with Gasteiger partial charge in [0.15, 0.2) is 0 Å². The minimum atomic E-state index is -1.72. The van der Waals surface area contributed by atoms with Crippen LogP contribution in [0.2, 0.25) is 45.8 Å². The van der Waals surface area contributed by atoms with Gasteiger partial charge >= 0.3 is 41.9 Å². The number of aryl methyl sites for hydroxylation is 1. The maximum atomic E-state index is 6.84. The van der Waals surface area contributed by atoms with Crippen molar-refractivity contribution < 1.29 is 52.6 Å². The van der Waals surface area contributed by atoms with Crippen LogP contribution in [0.4, 0.5) is 0 Å². The Balaban J connectivity index is 0.000000895. The van der Waals surface area contributed by atoms with Crippen molar-refractivity contribution in [2.24, 2.45) is 0 Å². The number of halogens is 2. The summed E-state index contributed by atoms with van der Waals surface area (Å²) in [6.07, 6.45) is 1.04. The third-order valence-corrected chi connectivity index (χ3v) is 8.39. The van der Waals surface area contributed by atoms with Crippen LogP contribution < -0.4 is 24.8 Å². The average molecular weight is 624 g/mol. The predicted octanol–water partition coefficient (Wildman–Crippen LogP) is 1.65. The van der Waals surface area contributed by atoms with E-state index in [2.05, 4.69) is 107 Å². The molecule has 0 bridgehead atoms. The molecule has 0 saturated carbocycles. The molecule has 0 N–H and O–H groups in total. The summed E-state index contributed by atoms with van der Waals surface area (Å²) >= 11 is 1.74. The Morgan fingerprint density at radius 2 is 1.62 bits per heavy atom. The zero-order valence-corrected chi connectivity index (χ0v) is 28.8. The molecule has 1 atom stereocenters. The molecule has 0 fully saturated rings. The molecule has 4 rings (SSSR count). The molecule has 0 radical (unpaired) electrons. The first kappa shape index (κ1) is 31.7. The van der Waals surface area contributed by atoms with E-state index >= 15 is 0 Å². The summed E-state index contributed by atoms with van der Waals surface area (Å²) < 4.78 is 6.84. The van der Waals surface area contributed by atoms with Crippen LogP contribution in [0, 0.1) is 0 Å². The van der Waals surface area contributed by atoms with Crippen LogP contribution in [-0.4, -0.2) is 22.5 Å². The summed E-state index contributed by atoms with van der Waals surface area (Å²) in [5, 5.41) is 4.33. The van der Waals surface area contributed by atoms with Crippen LogP contribution in [0.25, 0.3) is 16.5 Å². The third-order valence-electron chi connectivity index (χ3n) is 5.73. The van der Waals surface area contributed by atoms with Gasteiger partial charge in [0, 0.05) is 5.56 Å². The third kappa shape index (κ3) is 7.14. The molecule has 0 aliphatic heterocycles. The molecule has 7 heteroatoms. The fourth-order valence-corrected chi connectivity index (χ4v) is 7.35. The van der Waals surface area contributed by atoms with Gasteiger partial charge in [0.2, 0.25) is 8.32 Å². The van der Waals surface area contributed by atoms with Crippen LogP contribution in [0.1, 0.15) is 35.1 Å². The van der Waals surface area contributed by atoms with Crippen molar-refractivity contribution in [1.82, 2.24) is 0 Å². The predicted molar refractivity (Wildman–Crippen MR) is 145 cm³/mol. The molecule has 0 heterocycles. The van der Waals surface area contributed by atoms with E-state index in [9.17, 15) is 0 Å². The molecule has 3 aromatic carbocycles. The molecule has 1 unspecified atom stereocenters. The summed E-state index contributed by atoms with van der Waals surface area (Å²) in [5.41, 5.74) is 5.95. The van der Waals surface area contributed by atoms with Crippen molar-refractivity contribution in [1.29, 1.82) is 0 Å². The first-order chi connectivity index (χ1) is 15.0. The Morgan fingerprint density at radius 3 is 2.18 bits per heavy atom. The first-order valence-electron chi connectivity index (χ1n) is 11.8.